The normalized spacial score (nSPS) is 21.7. The van der Waals surface area contributed by atoms with Gasteiger partial charge in [-0.3, -0.25) is 4.79 Å². The van der Waals surface area contributed by atoms with E-state index in [-0.39, 0.29) is 17.6 Å². The van der Waals surface area contributed by atoms with Crippen LogP contribution in [0.15, 0.2) is 11.4 Å². The van der Waals surface area contributed by atoms with Crippen LogP contribution in [0.1, 0.15) is 37.8 Å². The number of pyridine rings is 1. The van der Waals surface area contributed by atoms with E-state index in [1.54, 1.807) is 17.7 Å². The molecule has 0 radical (unpaired) electrons. The van der Waals surface area contributed by atoms with Crippen molar-refractivity contribution in [1.29, 1.82) is 0 Å². The van der Waals surface area contributed by atoms with Gasteiger partial charge in [-0.25, -0.2) is 15.0 Å². The Hall–Kier alpha value is -2.05. The Morgan fingerprint density at radius 2 is 2.11 bits per heavy atom. The van der Waals surface area contributed by atoms with E-state index < -0.39 is 0 Å². The Morgan fingerprint density at radius 3 is 2.92 bits per heavy atom. The van der Waals surface area contributed by atoms with Crippen LogP contribution in [0.3, 0.4) is 0 Å². The summed E-state index contributed by atoms with van der Waals surface area (Å²) in [6.45, 7) is 9.21. The van der Waals surface area contributed by atoms with E-state index in [1.165, 1.54) is 17.3 Å². The number of carbonyl (C=O) groups excluding carboxylic acids is 1. The van der Waals surface area contributed by atoms with Crippen LogP contribution in [0.25, 0.3) is 20.4 Å². The van der Waals surface area contributed by atoms with Gasteiger partial charge in [-0.05, 0) is 32.3 Å². The number of carbonyl (C=O) groups is 1. The van der Waals surface area contributed by atoms with E-state index in [1.807, 2.05) is 0 Å². The largest absolute Gasteiger partial charge is 0.378 e. The van der Waals surface area contributed by atoms with Crippen molar-refractivity contribution < 1.29 is 19.0 Å². The van der Waals surface area contributed by atoms with Crippen molar-refractivity contribution >= 4 is 55.3 Å². The van der Waals surface area contributed by atoms with Gasteiger partial charge in [-0.2, -0.15) is 0 Å². The lowest BCUT2D eigenvalue weighted by Crippen LogP contribution is -2.39. The molecule has 0 unspecified atom stereocenters. The van der Waals surface area contributed by atoms with Gasteiger partial charge >= 0.3 is 0 Å². The number of amides is 1. The van der Waals surface area contributed by atoms with Crippen LogP contribution in [-0.4, -0.2) is 77.8 Å². The lowest BCUT2D eigenvalue weighted by molar-refractivity contribution is -0.119. The zero-order chi connectivity index (χ0) is 24.7. The molecular formula is C25H31N5O4S2. The van der Waals surface area contributed by atoms with Gasteiger partial charge in [0.25, 0.3) is 0 Å². The SMILES string of the molecule is CC1(C)Cc2c(c(N3CCOCC3)nc3sc4c(SCC(=O)NC[C@@H]5CCCO5)ncnc4c23)CO1. The van der Waals surface area contributed by atoms with Gasteiger partial charge in [-0.15, -0.1) is 11.3 Å². The van der Waals surface area contributed by atoms with Crippen molar-refractivity contribution in [1.82, 2.24) is 20.3 Å². The maximum Gasteiger partial charge on any atom is 0.230 e. The van der Waals surface area contributed by atoms with E-state index in [0.29, 0.717) is 32.1 Å². The number of fused-ring (bicyclic) bond motifs is 5. The van der Waals surface area contributed by atoms with Crippen molar-refractivity contribution in [2.75, 3.05) is 50.1 Å². The molecular weight excluding hydrogens is 498 g/mol. The van der Waals surface area contributed by atoms with Crippen LogP contribution in [0, 0.1) is 0 Å². The van der Waals surface area contributed by atoms with E-state index >= 15 is 0 Å². The van der Waals surface area contributed by atoms with Crippen LogP contribution < -0.4 is 10.2 Å². The first-order chi connectivity index (χ1) is 17.5. The zero-order valence-electron chi connectivity index (χ0n) is 20.7. The molecule has 0 saturated carbocycles. The predicted molar refractivity (Wildman–Crippen MR) is 141 cm³/mol. The van der Waals surface area contributed by atoms with Gasteiger partial charge in [-0.1, -0.05) is 11.8 Å². The third kappa shape index (κ3) is 4.79. The van der Waals surface area contributed by atoms with E-state index in [2.05, 4.69) is 29.0 Å². The molecule has 3 aliphatic heterocycles. The summed E-state index contributed by atoms with van der Waals surface area (Å²) in [6, 6.07) is 0. The fourth-order valence-electron chi connectivity index (χ4n) is 5.13. The van der Waals surface area contributed by atoms with Crippen molar-refractivity contribution in [3.05, 3.63) is 17.5 Å². The van der Waals surface area contributed by atoms with Crippen molar-refractivity contribution in [3.63, 3.8) is 0 Å². The van der Waals surface area contributed by atoms with Gasteiger partial charge in [0.15, 0.2) is 0 Å². The molecule has 3 aliphatic rings. The highest BCUT2D eigenvalue weighted by atomic mass is 32.2. The molecule has 0 aromatic carbocycles. The van der Waals surface area contributed by atoms with E-state index in [0.717, 1.165) is 75.8 Å². The molecule has 0 bridgehead atoms. The average Bonchev–Trinajstić information content (AvgIpc) is 3.53. The van der Waals surface area contributed by atoms with Gasteiger partial charge in [0.05, 0.1) is 47.5 Å². The summed E-state index contributed by atoms with van der Waals surface area (Å²) in [7, 11) is 0. The molecule has 1 N–H and O–H groups in total. The van der Waals surface area contributed by atoms with Gasteiger partial charge in [0.1, 0.15) is 22.0 Å². The number of hydrogen-bond acceptors (Lipinski definition) is 10. The fraction of sp³-hybridized carbons (Fsp3) is 0.600. The molecule has 6 rings (SSSR count). The second-order valence-corrected chi connectivity index (χ2v) is 12.0. The first kappa shape index (κ1) is 24.3. The first-order valence-corrected chi connectivity index (χ1v) is 14.4. The maximum atomic E-state index is 12.5. The van der Waals surface area contributed by atoms with Crippen LogP contribution in [0.4, 0.5) is 5.82 Å². The highest BCUT2D eigenvalue weighted by molar-refractivity contribution is 8.00. The summed E-state index contributed by atoms with van der Waals surface area (Å²) in [4.78, 5) is 30.2. The number of thioether (sulfide) groups is 1. The van der Waals surface area contributed by atoms with Crippen molar-refractivity contribution in [3.8, 4) is 0 Å². The minimum Gasteiger partial charge on any atom is -0.378 e. The first-order valence-electron chi connectivity index (χ1n) is 12.6. The van der Waals surface area contributed by atoms with Crippen LogP contribution >= 0.6 is 23.1 Å². The average molecular weight is 530 g/mol. The molecule has 9 nitrogen and oxygen atoms in total. The highest BCUT2D eigenvalue weighted by Gasteiger charge is 2.33. The van der Waals surface area contributed by atoms with Gasteiger partial charge in [0.2, 0.25) is 5.91 Å². The molecule has 36 heavy (non-hydrogen) atoms. The number of nitrogens with one attached hydrogen (secondary N) is 1. The minimum absolute atomic E-state index is 0.00706. The van der Waals surface area contributed by atoms with Crippen LogP contribution in [0.5, 0.6) is 0 Å². The number of anilines is 1. The minimum atomic E-state index is -0.260. The van der Waals surface area contributed by atoms with Crippen molar-refractivity contribution in [2.24, 2.45) is 0 Å². The Labute approximate surface area is 218 Å². The van der Waals surface area contributed by atoms with Crippen LogP contribution in [-0.2, 0) is 32.0 Å². The Morgan fingerprint density at radius 1 is 1.25 bits per heavy atom. The Kier molecular flexibility index (Phi) is 6.76. The number of nitrogens with zero attached hydrogens (tertiary/aromatic N) is 4. The molecule has 11 heteroatoms. The Bertz CT molecular complexity index is 1280. The fourth-order valence-corrected chi connectivity index (χ4v) is 7.19. The number of ether oxygens (including phenoxy) is 3. The second-order valence-electron chi connectivity index (χ2n) is 10.1. The van der Waals surface area contributed by atoms with E-state index in [4.69, 9.17) is 24.2 Å². The molecule has 2 fully saturated rings. The third-order valence-electron chi connectivity index (χ3n) is 6.98. The maximum absolute atomic E-state index is 12.5. The molecule has 6 heterocycles. The molecule has 1 amide bonds. The standard InChI is InChI=1S/C25H31N5O4S2/c1-25(2)10-16-17(12-34-25)22(30-5-8-32-9-6-30)29-23-19(16)20-21(36-23)24(28-14-27-20)35-13-18(31)26-11-15-4-3-7-33-15/h14-15H,3-13H2,1-2H3,(H,26,31)/t15-/m0/s1. The molecule has 192 valence electrons. The van der Waals surface area contributed by atoms with E-state index in [9.17, 15) is 4.79 Å². The molecule has 3 aromatic heterocycles. The summed E-state index contributed by atoms with van der Waals surface area (Å²) >= 11 is 3.07. The molecule has 0 aliphatic carbocycles. The summed E-state index contributed by atoms with van der Waals surface area (Å²) < 4.78 is 18.4. The number of rotatable bonds is 6. The molecule has 3 aromatic rings. The summed E-state index contributed by atoms with van der Waals surface area (Å²) in [5.41, 5.74) is 3.09. The molecule has 2 saturated heterocycles. The number of morpholine rings is 1. The van der Waals surface area contributed by atoms with Gasteiger partial charge < -0.3 is 24.4 Å². The quantitative estimate of drug-likeness (QED) is 0.381. The van der Waals surface area contributed by atoms with Gasteiger partial charge in [0, 0.05) is 43.6 Å². The second kappa shape index (κ2) is 10.0. The topological polar surface area (TPSA) is 98.7 Å². The predicted octanol–water partition coefficient (Wildman–Crippen LogP) is 3.31. The number of aromatic nitrogens is 3. The van der Waals surface area contributed by atoms with Crippen LogP contribution in [0.2, 0.25) is 0 Å². The smallest absolute Gasteiger partial charge is 0.230 e. The lowest BCUT2D eigenvalue weighted by Gasteiger charge is -2.36. The third-order valence-corrected chi connectivity index (χ3v) is 9.17. The zero-order valence-corrected chi connectivity index (χ0v) is 22.3. The van der Waals surface area contributed by atoms with Crippen molar-refractivity contribution in [2.45, 2.75) is 56.4 Å². The highest BCUT2D eigenvalue weighted by Crippen LogP contribution is 2.44. The summed E-state index contributed by atoms with van der Waals surface area (Å²) in [5.74, 6) is 1.30. The number of thiophene rings is 1. The lowest BCUT2D eigenvalue weighted by atomic mass is 9.90. The summed E-state index contributed by atoms with van der Waals surface area (Å²) in [6.07, 6.45) is 4.61. The monoisotopic (exact) mass is 529 g/mol. The molecule has 0 spiro atoms. The number of hydrogen-bond donors (Lipinski definition) is 1. The Balaban J connectivity index is 1.33. The summed E-state index contributed by atoms with van der Waals surface area (Å²) in [5, 5.41) is 4.92. The molecule has 1 atom stereocenters.